The van der Waals surface area contributed by atoms with Crippen molar-refractivity contribution in [1.82, 2.24) is 5.32 Å². The van der Waals surface area contributed by atoms with Gasteiger partial charge in [-0.3, -0.25) is 4.79 Å². The molecular weight excluding hydrogens is 236 g/mol. The zero-order valence-corrected chi connectivity index (χ0v) is 11.3. The molecule has 1 aromatic carbocycles. The summed E-state index contributed by atoms with van der Waals surface area (Å²) in [6.45, 7) is 3.06. The highest BCUT2D eigenvalue weighted by Gasteiger charge is 2.18. The first-order valence-corrected chi connectivity index (χ1v) is 6.78. The van der Waals surface area contributed by atoms with E-state index in [-0.39, 0.29) is 5.91 Å². The highest BCUT2D eigenvalue weighted by molar-refractivity contribution is 5.96. The second-order valence-electron chi connectivity index (χ2n) is 5.04. The zero-order valence-electron chi connectivity index (χ0n) is 11.3. The standard InChI is InChI=1S/C16H20N2O/c1-12-7-8-13(6-3-9-17)10-15(12)16(19)18-11-14-4-2-5-14/h7-8,10,14H,2,4-5,9,11,17H2,1H3,(H,18,19). The molecular formula is C16H20N2O. The summed E-state index contributed by atoms with van der Waals surface area (Å²) in [7, 11) is 0. The van der Waals surface area contributed by atoms with Crippen molar-refractivity contribution in [3.63, 3.8) is 0 Å². The number of carbonyl (C=O) groups is 1. The Morgan fingerprint density at radius 1 is 1.47 bits per heavy atom. The van der Waals surface area contributed by atoms with Gasteiger partial charge in [-0.05, 0) is 43.4 Å². The van der Waals surface area contributed by atoms with Crippen LogP contribution in [0.2, 0.25) is 0 Å². The lowest BCUT2D eigenvalue weighted by Crippen LogP contribution is -2.32. The molecule has 3 heteroatoms. The SMILES string of the molecule is Cc1ccc(C#CCN)cc1C(=O)NCC1CCC1. The number of benzene rings is 1. The van der Waals surface area contributed by atoms with E-state index in [9.17, 15) is 4.79 Å². The molecule has 3 N–H and O–H groups in total. The summed E-state index contributed by atoms with van der Waals surface area (Å²) in [6, 6.07) is 5.69. The van der Waals surface area contributed by atoms with Gasteiger partial charge in [0.1, 0.15) is 0 Å². The van der Waals surface area contributed by atoms with E-state index < -0.39 is 0 Å². The fourth-order valence-electron chi connectivity index (χ4n) is 2.13. The summed E-state index contributed by atoms with van der Waals surface area (Å²) in [4.78, 5) is 12.2. The van der Waals surface area contributed by atoms with Crippen molar-refractivity contribution in [2.24, 2.45) is 11.7 Å². The van der Waals surface area contributed by atoms with Crippen LogP contribution >= 0.6 is 0 Å². The molecule has 0 radical (unpaired) electrons. The molecule has 0 atom stereocenters. The van der Waals surface area contributed by atoms with Crippen molar-refractivity contribution in [3.05, 3.63) is 34.9 Å². The van der Waals surface area contributed by atoms with Crippen molar-refractivity contribution in [1.29, 1.82) is 0 Å². The third-order valence-corrected chi connectivity index (χ3v) is 3.59. The fourth-order valence-corrected chi connectivity index (χ4v) is 2.13. The predicted octanol–water partition coefficient (Wildman–Crippen LogP) is 1.84. The second kappa shape index (κ2) is 6.40. The van der Waals surface area contributed by atoms with Crippen molar-refractivity contribution in [2.45, 2.75) is 26.2 Å². The first-order valence-electron chi connectivity index (χ1n) is 6.78. The van der Waals surface area contributed by atoms with Gasteiger partial charge in [0.05, 0.1) is 6.54 Å². The van der Waals surface area contributed by atoms with Gasteiger partial charge >= 0.3 is 0 Å². The number of hydrogen-bond donors (Lipinski definition) is 2. The molecule has 0 saturated heterocycles. The van der Waals surface area contributed by atoms with Crippen LogP contribution in [0.4, 0.5) is 0 Å². The van der Waals surface area contributed by atoms with Crippen LogP contribution in [0, 0.1) is 24.7 Å². The molecule has 1 amide bonds. The third kappa shape index (κ3) is 3.59. The Morgan fingerprint density at radius 3 is 2.89 bits per heavy atom. The van der Waals surface area contributed by atoms with Crippen molar-refractivity contribution in [3.8, 4) is 11.8 Å². The highest BCUT2D eigenvalue weighted by Crippen LogP contribution is 2.25. The van der Waals surface area contributed by atoms with Crippen molar-refractivity contribution in [2.75, 3.05) is 13.1 Å². The van der Waals surface area contributed by atoms with Crippen LogP contribution in [0.25, 0.3) is 0 Å². The Balaban J connectivity index is 2.05. The van der Waals surface area contributed by atoms with E-state index in [0.29, 0.717) is 18.0 Å². The summed E-state index contributed by atoms with van der Waals surface area (Å²) in [5.41, 5.74) is 7.88. The molecule has 0 aromatic heterocycles. The number of rotatable bonds is 3. The van der Waals surface area contributed by atoms with E-state index in [1.54, 1.807) is 0 Å². The Labute approximate surface area is 114 Å². The number of nitrogens with two attached hydrogens (primary N) is 1. The van der Waals surface area contributed by atoms with Gasteiger partial charge in [0.2, 0.25) is 0 Å². The van der Waals surface area contributed by atoms with Crippen LogP contribution < -0.4 is 11.1 Å². The van der Waals surface area contributed by atoms with E-state index in [2.05, 4.69) is 17.2 Å². The number of hydrogen-bond acceptors (Lipinski definition) is 2. The van der Waals surface area contributed by atoms with Crippen molar-refractivity contribution < 1.29 is 4.79 Å². The Hall–Kier alpha value is -1.79. The van der Waals surface area contributed by atoms with Gasteiger partial charge in [0.25, 0.3) is 5.91 Å². The van der Waals surface area contributed by atoms with Crippen LogP contribution in [0.15, 0.2) is 18.2 Å². The fraction of sp³-hybridized carbons (Fsp3) is 0.438. The Kier molecular flexibility index (Phi) is 4.59. The topological polar surface area (TPSA) is 55.1 Å². The molecule has 1 aromatic rings. The molecule has 1 aliphatic carbocycles. The summed E-state index contributed by atoms with van der Waals surface area (Å²) >= 11 is 0. The van der Waals surface area contributed by atoms with Gasteiger partial charge in [0.15, 0.2) is 0 Å². The molecule has 0 unspecified atom stereocenters. The summed E-state index contributed by atoms with van der Waals surface area (Å²) in [5.74, 6) is 6.44. The molecule has 1 aliphatic rings. The average molecular weight is 256 g/mol. The molecule has 0 heterocycles. The quantitative estimate of drug-likeness (QED) is 0.811. The van der Waals surface area contributed by atoms with E-state index in [0.717, 1.165) is 17.7 Å². The van der Waals surface area contributed by atoms with E-state index in [1.807, 2.05) is 25.1 Å². The Morgan fingerprint density at radius 2 is 2.26 bits per heavy atom. The molecule has 1 fully saturated rings. The molecule has 2 rings (SSSR count). The Bertz CT molecular complexity index is 521. The molecule has 19 heavy (non-hydrogen) atoms. The molecule has 100 valence electrons. The average Bonchev–Trinajstić information content (AvgIpc) is 2.35. The van der Waals surface area contributed by atoms with Gasteiger partial charge in [-0.2, -0.15) is 0 Å². The van der Waals surface area contributed by atoms with E-state index in [4.69, 9.17) is 5.73 Å². The minimum Gasteiger partial charge on any atom is -0.352 e. The van der Waals surface area contributed by atoms with E-state index >= 15 is 0 Å². The van der Waals surface area contributed by atoms with Gasteiger partial charge in [-0.1, -0.05) is 24.3 Å². The van der Waals surface area contributed by atoms with Crippen LogP contribution in [-0.2, 0) is 0 Å². The summed E-state index contributed by atoms with van der Waals surface area (Å²) in [6.07, 6.45) is 3.77. The zero-order chi connectivity index (χ0) is 13.7. The van der Waals surface area contributed by atoms with E-state index in [1.165, 1.54) is 19.3 Å². The number of carbonyl (C=O) groups excluding carboxylic acids is 1. The molecule has 0 bridgehead atoms. The van der Waals surface area contributed by atoms with Crippen LogP contribution in [0.3, 0.4) is 0 Å². The monoisotopic (exact) mass is 256 g/mol. The highest BCUT2D eigenvalue weighted by atomic mass is 16.1. The number of amides is 1. The number of nitrogens with one attached hydrogen (secondary N) is 1. The second-order valence-corrected chi connectivity index (χ2v) is 5.04. The maximum absolute atomic E-state index is 12.2. The maximum Gasteiger partial charge on any atom is 0.251 e. The third-order valence-electron chi connectivity index (χ3n) is 3.59. The molecule has 1 saturated carbocycles. The molecule has 0 spiro atoms. The minimum atomic E-state index is 0.000739. The van der Waals surface area contributed by atoms with Crippen LogP contribution in [-0.4, -0.2) is 19.0 Å². The normalized spacial score (nSPS) is 14.2. The largest absolute Gasteiger partial charge is 0.352 e. The smallest absolute Gasteiger partial charge is 0.251 e. The lowest BCUT2D eigenvalue weighted by Gasteiger charge is -2.25. The van der Waals surface area contributed by atoms with Gasteiger partial charge in [0, 0.05) is 17.7 Å². The first kappa shape index (κ1) is 13.6. The van der Waals surface area contributed by atoms with Gasteiger partial charge in [-0.15, -0.1) is 0 Å². The number of aryl methyl sites for hydroxylation is 1. The molecule has 3 nitrogen and oxygen atoms in total. The molecule has 0 aliphatic heterocycles. The lowest BCUT2D eigenvalue weighted by molar-refractivity contribution is 0.0938. The first-order chi connectivity index (χ1) is 9.20. The minimum absolute atomic E-state index is 0.000739. The summed E-state index contributed by atoms with van der Waals surface area (Å²) < 4.78 is 0. The van der Waals surface area contributed by atoms with Crippen molar-refractivity contribution >= 4 is 5.91 Å². The summed E-state index contributed by atoms with van der Waals surface area (Å²) in [5, 5.41) is 3.01. The predicted molar refractivity (Wildman–Crippen MR) is 76.8 cm³/mol. The van der Waals surface area contributed by atoms with Gasteiger partial charge < -0.3 is 11.1 Å². The van der Waals surface area contributed by atoms with Crippen LogP contribution in [0.5, 0.6) is 0 Å². The lowest BCUT2D eigenvalue weighted by atomic mass is 9.85. The van der Waals surface area contributed by atoms with Gasteiger partial charge in [-0.25, -0.2) is 0 Å². The van der Waals surface area contributed by atoms with Crippen LogP contribution in [0.1, 0.15) is 40.7 Å². The maximum atomic E-state index is 12.2.